The molecule has 142 valence electrons. The lowest BCUT2D eigenvalue weighted by Gasteiger charge is -2.10. The van der Waals surface area contributed by atoms with Crippen LogP contribution in [0.15, 0.2) is 60.8 Å². The molecule has 1 aromatic heterocycles. The van der Waals surface area contributed by atoms with Gasteiger partial charge in [0.1, 0.15) is 5.82 Å². The van der Waals surface area contributed by atoms with E-state index in [0.29, 0.717) is 23.1 Å². The number of nitrogens with zero attached hydrogens (tertiary/aromatic N) is 2. The van der Waals surface area contributed by atoms with Crippen LogP contribution in [0.2, 0.25) is 0 Å². The van der Waals surface area contributed by atoms with Gasteiger partial charge in [-0.1, -0.05) is 12.1 Å². The van der Waals surface area contributed by atoms with Crippen LogP contribution in [0.25, 0.3) is 0 Å². The van der Waals surface area contributed by atoms with Crippen molar-refractivity contribution in [3.05, 3.63) is 60.8 Å². The van der Waals surface area contributed by atoms with Crippen molar-refractivity contribution in [2.45, 2.75) is 13.8 Å². The fourth-order valence-electron chi connectivity index (χ4n) is 2.52. The van der Waals surface area contributed by atoms with Crippen molar-refractivity contribution in [1.29, 1.82) is 0 Å². The Morgan fingerprint density at radius 1 is 0.750 bits per heavy atom. The minimum atomic E-state index is -0.138. The number of amides is 2. The number of carbonyl (C=O) groups is 2. The van der Waals surface area contributed by atoms with Crippen molar-refractivity contribution < 1.29 is 9.59 Å². The van der Waals surface area contributed by atoms with E-state index in [1.807, 2.05) is 36.4 Å². The predicted octanol–water partition coefficient (Wildman–Crippen LogP) is 3.88. The maximum atomic E-state index is 11.2. The Hall–Kier alpha value is -3.94. The maximum Gasteiger partial charge on any atom is 0.229 e. The van der Waals surface area contributed by atoms with E-state index >= 15 is 0 Å². The lowest BCUT2D eigenvalue weighted by Crippen LogP contribution is -2.06. The number of aromatic nitrogens is 2. The molecule has 0 saturated heterocycles. The number of hydrogen-bond donors (Lipinski definition) is 4. The van der Waals surface area contributed by atoms with Crippen LogP contribution in [0, 0.1) is 0 Å². The lowest BCUT2D eigenvalue weighted by molar-refractivity contribution is -0.115. The summed E-state index contributed by atoms with van der Waals surface area (Å²) in [5, 5.41) is 11.8. The van der Waals surface area contributed by atoms with Gasteiger partial charge in [-0.05, 0) is 42.5 Å². The first-order valence-corrected chi connectivity index (χ1v) is 8.60. The highest BCUT2D eigenvalue weighted by molar-refractivity contribution is 5.90. The van der Waals surface area contributed by atoms with Gasteiger partial charge in [-0.3, -0.25) is 9.59 Å². The van der Waals surface area contributed by atoms with E-state index in [-0.39, 0.29) is 11.8 Å². The van der Waals surface area contributed by atoms with E-state index in [1.54, 1.807) is 24.4 Å². The number of rotatable bonds is 6. The zero-order valence-corrected chi connectivity index (χ0v) is 15.5. The normalized spacial score (nSPS) is 10.1. The van der Waals surface area contributed by atoms with Crippen molar-refractivity contribution in [3.8, 4) is 0 Å². The monoisotopic (exact) mass is 376 g/mol. The fraction of sp³-hybridized carbons (Fsp3) is 0.100. The Morgan fingerprint density at radius 3 is 1.86 bits per heavy atom. The first-order chi connectivity index (χ1) is 13.5. The van der Waals surface area contributed by atoms with Gasteiger partial charge in [0.15, 0.2) is 0 Å². The van der Waals surface area contributed by atoms with E-state index in [9.17, 15) is 9.59 Å². The SMILES string of the molecule is CC(=O)Nc1cccc(Nc2ccnc(Nc3cccc(NC(C)=O)c3)n2)c1. The van der Waals surface area contributed by atoms with Gasteiger partial charge in [-0.15, -0.1) is 0 Å². The summed E-state index contributed by atoms with van der Waals surface area (Å²) >= 11 is 0. The summed E-state index contributed by atoms with van der Waals surface area (Å²) in [4.78, 5) is 31.1. The first-order valence-electron chi connectivity index (χ1n) is 8.60. The molecule has 3 aromatic rings. The van der Waals surface area contributed by atoms with Crippen molar-refractivity contribution in [1.82, 2.24) is 9.97 Å². The standard InChI is InChI=1S/C20H20N6O2/c1-13(27)22-15-5-3-7-17(11-15)24-19-9-10-21-20(26-19)25-18-8-4-6-16(12-18)23-14(2)28/h3-12H,1-2H3,(H,22,27)(H,23,28)(H2,21,24,25,26). The molecule has 2 aromatic carbocycles. The maximum absolute atomic E-state index is 11.2. The molecule has 0 aliphatic heterocycles. The second kappa shape index (κ2) is 8.63. The van der Waals surface area contributed by atoms with Crippen LogP contribution in [0.5, 0.6) is 0 Å². The number of benzene rings is 2. The van der Waals surface area contributed by atoms with E-state index < -0.39 is 0 Å². The highest BCUT2D eigenvalue weighted by atomic mass is 16.2. The Morgan fingerprint density at radius 2 is 1.29 bits per heavy atom. The fourth-order valence-corrected chi connectivity index (χ4v) is 2.52. The molecule has 0 atom stereocenters. The third-order valence-electron chi connectivity index (χ3n) is 3.55. The number of nitrogens with one attached hydrogen (secondary N) is 4. The molecule has 0 unspecified atom stereocenters. The van der Waals surface area contributed by atoms with Crippen molar-refractivity contribution in [3.63, 3.8) is 0 Å². The van der Waals surface area contributed by atoms with Crippen molar-refractivity contribution >= 4 is 46.3 Å². The Balaban J connectivity index is 1.72. The highest BCUT2D eigenvalue weighted by Gasteiger charge is 2.04. The van der Waals surface area contributed by atoms with E-state index in [2.05, 4.69) is 31.2 Å². The van der Waals surface area contributed by atoms with Gasteiger partial charge >= 0.3 is 0 Å². The van der Waals surface area contributed by atoms with Crippen LogP contribution in [0.1, 0.15) is 13.8 Å². The second-order valence-electron chi connectivity index (χ2n) is 6.04. The third-order valence-corrected chi connectivity index (χ3v) is 3.55. The van der Waals surface area contributed by atoms with Crippen LogP contribution in [-0.2, 0) is 9.59 Å². The molecule has 1 heterocycles. The molecule has 28 heavy (non-hydrogen) atoms. The molecule has 0 aliphatic rings. The van der Waals surface area contributed by atoms with Gasteiger partial charge in [-0.2, -0.15) is 4.98 Å². The zero-order valence-electron chi connectivity index (χ0n) is 15.5. The highest BCUT2D eigenvalue weighted by Crippen LogP contribution is 2.21. The average molecular weight is 376 g/mol. The second-order valence-corrected chi connectivity index (χ2v) is 6.04. The number of hydrogen-bond acceptors (Lipinski definition) is 6. The van der Waals surface area contributed by atoms with Crippen LogP contribution in [-0.4, -0.2) is 21.8 Å². The topological polar surface area (TPSA) is 108 Å². The van der Waals surface area contributed by atoms with Crippen molar-refractivity contribution in [2.24, 2.45) is 0 Å². The quantitative estimate of drug-likeness (QED) is 0.520. The van der Waals surface area contributed by atoms with Crippen molar-refractivity contribution in [2.75, 3.05) is 21.3 Å². The zero-order chi connectivity index (χ0) is 19.9. The smallest absolute Gasteiger partial charge is 0.229 e. The molecule has 2 amide bonds. The lowest BCUT2D eigenvalue weighted by atomic mass is 10.2. The Kier molecular flexibility index (Phi) is 5.81. The number of carbonyl (C=O) groups excluding carboxylic acids is 2. The molecule has 4 N–H and O–H groups in total. The molecular formula is C20H20N6O2. The van der Waals surface area contributed by atoms with Crippen LogP contribution in [0.3, 0.4) is 0 Å². The van der Waals surface area contributed by atoms with E-state index in [4.69, 9.17) is 0 Å². The van der Waals surface area contributed by atoms with Gasteiger partial charge in [0.25, 0.3) is 0 Å². The minimum absolute atomic E-state index is 0.132. The van der Waals surface area contributed by atoms with E-state index in [1.165, 1.54) is 13.8 Å². The summed E-state index contributed by atoms with van der Waals surface area (Å²) in [6.45, 7) is 2.92. The summed E-state index contributed by atoms with van der Waals surface area (Å²) in [7, 11) is 0. The third kappa shape index (κ3) is 5.53. The molecule has 0 bridgehead atoms. The van der Waals surface area contributed by atoms with Gasteiger partial charge in [0.2, 0.25) is 17.8 Å². The molecule has 0 aliphatic carbocycles. The largest absolute Gasteiger partial charge is 0.340 e. The minimum Gasteiger partial charge on any atom is -0.340 e. The Bertz CT molecular complexity index is 928. The predicted molar refractivity (Wildman–Crippen MR) is 110 cm³/mol. The molecule has 8 nitrogen and oxygen atoms in total. The van der Waals surface area contributed by atoms with E-state index in [0.717, 1.165) is 11.4 Å². The summed E-state index contributed by atoms with van der Waals surface area (Å²) in [5.41, 5.74) is 2.90. The van der Waals surface area contributed by atoms with Crippen LogP contribution in [0.4, 0.5) is 34.5 Å². The van der Waals surface area contributed by atoms with Gasteiger partial charge < -0.3 is 21.3 Å². The summed E-state index contributed by atoms with van der Waals surface area (Å²) in [5.74, 6) is 0.728. The van der Waals surface area contributed by atoms with Crippen LogP contribution < -0.4 is 21.3 Å². The van der Waals surface area contributed by atoms with Gasteiger partial charge in [-0.25, -0.2) is 4.98 Å². The molecular weight excluding hydrogens is 356 g/mol. The Labute approximate surface area is 162 Å². The summed E-state index contributed by atoms with van der Waals surface area (Å²) in [6, 6.07) is 16.3. The molecule has 8 heteroatoms. The first kappa shape index (κ1) is 18.8. The average Bonchev–Trinajstić information content (AvgIpc) is 2.61. The summed E-state index contributed by atoms with van der Waals surface area (Å²) in [6.07, 6.45) is 1.63. The number of anilines is 6. The molecule has 0 fully saturated rings. The molecule has 3 rings (SSSR count). The van der Waals surface area contributed by atoms with Gasteiger partial charge in [0, 0.05) is 42.8 Å². The van der Waals surface area contributed by atoms with Crippen LogP contribution >= 0.6 is 0 Å². The van der Waals surface area contributed by atoms with Gasteiger partial charge in [0.05, 0.1) is 0 Å². The molecule has 0 spiro atoms. The summed E-state index contributed by atoms with van der Waals surface area (Å²) < 4.78 is 0. The molecule has 0 radical (unpaired) electrons. The molecule has 0 saturated carbocycles.